The fourth-order valence-electron chi connectivity index (χ4n) is 1.91. The average Bonchev–Trinajstić information content (AvgIpc) is 2.63. The summed E-state index contributed by atoms with van der Waals surface area (Å²) in [6.07, 6.45) is -1.36. The van der Waals surface area contributed by atoms with E-state index in [4.69, 9.17) is 33.0 Å². The van der Waals surface area contributed by atoms with Gasteiger partial charge in [0, 0.05) is 11.1 Å². The van der Waals surface area contributed by atoms with Gasteiger partial charge in [0.1, 0.15) is 5.75 Å². The molecule has 3 atom stereocenters. The van der Waals surface area contributed by atoms with Gasteiger partial charge in [0.25, 0.3) is 0 Å². The van der Waals surface area contributed by atoms with Gasteiger partial charge in [-0.25, -0.2) is 4.79 Å². The number of carbonyl (C=O) groups is 1. The number of nitrogens with one attached hydrogen (secondary N) is 1. The molecule has 0 aliphatic carbocycles. The summed E-state index contributed by atoms with van der Waals surface area (Å²) in [6, 6.07) is 14.4. The summed E-state index contributed by atoms with van der Waals surface area (Å²) >= 11 is 11.4. The van der Waals surface area contributed by atoms with Crippen LogP contribution in [0, 0.1) is 0 Å². The Bertz CT molecular complexity index is 697. The van der Waals surface area contributed by atoms with Crippen molar-refractivity contribution in [2.75, 3.05) is 7.05 Å². The molecule has 0 aliphatic rings. The third kappa shape index (κ3) is 7.22. The molecule has 2 aromatic rings. The van der Waals surface area contributed by atoms with Crippen LogP contribution in [0.4, 0.5) is 0 Å². The van der Waals surface area contributed by atoms with Crippen LogP contribution in [0.3, 0.4) is 0 Å². The molecule has 0 aliphatic heterocycles. The van der Waals surface area contributed by atoms with Crippen molar-refractivity contribution in [3.8, 4) is 5.75 Å². The summed E-state index contributed by atoms with van der Waals surface area (Å²) in [4.78, 5) is 10.5. The highest BCUT2D eigenvalue weighted by molar-refractivity contribution is 6.35. The Hall–Kier alpha value is -1.79. The Morgan fingerprint density at radius 2 is 1.73 bits per heavy atom. The Kier molecular flexibility index (Phi) is 9.44. The van der Waals surface area contributed by atoms with E-state index in [2.05, 4.69) is 5.32 Å². The van der Waals surface area contributed by atoms with Gasteiger partial charge >= 0.3 is 5.97 Å². The summed E-state index contributed by atoms with van der Waals surface area (Å²) in [7, 11) is 1.84. The topological polar surface area (TPSA) is 78.8 Å². The van der Waals surface area contributed by atoms with Gasteiger partial charge in [-0.2, -0.15) is 0 Å². The zero-order valence-corrected chi connectivity index (χ0v) is 16.3. The number of aliphatic hydroxyl groups excluding tert-OH is 1. The molecule has 0 saturated carbocycles. The predicted molar refractivity (Wildman–Crippen MR) is 104 cm³/mol. The maximum absolute atomic E-state index is 10.5. The van der Waals surface area contributed by atoms with Crippen LogP contribution in [-0.2, 0) is 4.79 Å². The molecule has 0 amide bonds. The Balaban J connectivity index is 0.000000263. The molecule has 2 rings (SSSR count). The summed E-state index contributed by atoms with van der Waals surface area (Å²) in [5.74, 6) is -0.734. The van der Waals surface area contributed by atoms with Crippen molar-refractivity contribution in [2.45, 2.75) is 32.1 Å². The van der Waals surface area contributed by atoms with Crippen LogP contribution < -0.4 is 10.1 Å². The number of hydrogen-bond acceptors (Lipinski definition) is 4. The van der Waals surface area contributed by atoms with E-state index in [0.717, 1.165) is 5.56 Å². The predicted octanol–water partition coefficient (Wildman–Crippen LogP) is 4.17. The second kappa shape index (κ2) is 11.0. The lowest BCUT2D eigenvalue weighted by atomic mass is 10.0. The van der Waals surface area contributed by atoms with Crippen molar-refractivity contribution < 1.29 is 19.7 Å². The van der Waals surface area contributed by atoms with Crippen LogP contribution in [0.1, 0.15) is 25.5 Å². The lowest BCUT2D eigenvalue weighted by molar-refractivity contribution is -0.144. The SMILES string of the molecule is CC(Oc1ccc(Cl)cc1Cl)C(=O)O.CN[C@@H](C)[C@H](O)c1ccccc1. The van der Waals surface area contributed by atoms with E-state index in [-0.39, 0.29) is 6.04 Å². The minimum Gasteiger partial charge on any atom is -0.479 e. The van der Waals surface area contributed by atoms with Crippen LogP contribution in [0.2, 0.25) is 10.0 Å². The van der Waals surface area contributed by atoms with Gasteiger partial charge in [0.2, 0.25) is 0 Å². The fraction of sp³-hybridized carbons (Fsp3) is 0.316. The highest BCUT2D eigenvalue weighted by Gasteiger charge is 2.14. The second-order valence-electron chi connectivity index (χ2n) is 5.61. The van der Waals surface area contributed by atoms with Crippen molar-refractivity contribution in [1.29, 1.82) is 0 Å². The molecule has 0 saturated heterocycles. The molecule has 0 heterocycles. The van der Waals surface area contributed by atoms with E-state index < -0.39 is 18.2 Å². The first-order valence-electron chi connectivity index (χ1n) is 8.01. The number of aliphatic hydroxyl groups is 1. The lowest BCUT2D eigenvalue weighted by Gasteiger charge is -2.17. The van der Waals surface area contributed by atoms with Gasteiger partial charge in [-0.1, -0.05) is 53.5 Å². The van der Waals surface area contributed by atoms with Gasteiger partial charge in [0.05, 0.1) is 11.1 Å². The first kappa shape index (κ1) is 22.3. The molecule has 1 unspecified atom stereocenters. The van der Waals surface area contributed by atoms with Crippen LogP contribution in [0.25, 0.3) is 0 Å². The van der Waals surface area contributed by atoms with E-state index in [0.29, 0.717) is 15.8 Å². The zero-order chi connectivity index (χ0) is 19.7. The fourth-order valence-corrected chi connectivity index (χ4v) is 2.36. The largest absolute Gasteiger partial charge is 0.479 e. The van der Waals surface area contributed by atoms with E-state index in [1.807, 2.05) is 44.3 Å². The van der Waals surface area contributed by atoms with Gasteiger partial charge in [0.15, 0.2) is 6.10 Å². The molecular formula is C19H23Cl2NO4. The average molecular weight is 400 g/mol. The van der Waals surface area contributed by atoms with Crippen molar-refractivity contribution in [3.05, 3.63) is 64.1 Å². The van der Waals surface area contributed by atoms with Crippen LogP contribution in [0.5, 0.6) is 5.75 Å². The molecular weight excluding hydrogens is 377 g/mol. The maximum atomic E-state index is 10.5. The number of halogens is 2. The minimum absolute atomic E-state index is 0.0902. The first-order valence-corrected chi connectivity index (χ1v) is 8.76. The zero-order valence-electron chi connectivity index (χ0n) is 14.8. The highest BCUT2D eigenvalue weighted by atomic mass is 35.5. The Morgan fingerprint density at radius 1 is 1.12 bits per heavy atom. The highest BCUT2D eigenvalue weighted by Crippen LogP contribution is 2.28. The number of rotatable bonds is 6. The van der Waals surface area contributed by atoms with Crippen molar-refractivity contribution >= 4 is 29.2 Å². The molecule has 142 valence electrons. The van der Waals surface area contributed by atoms with E-state index in [1.165, 1.54) is 19.1 Å². The third-order valence-electron chi connectivity index (χ3n) is 3.62. The lowest BCUT2D eigenvalue weighted by Crippen LogP contribution is -2.28. The molecule has 2 aromatic carbocycles. The van der Waals surface area contributed by atoms with Gasteiger partial charge in [-0.05, 0) is 44.7 Å². The molecule has 0 fully saturated rings. The number of carboxylic acids is 1. The summed E-state index contributed by atoms with van der Waals surface area (Å²) in [5, 5.41) is 22.1. The number of carboxylic acid groups (broad SMARTS) is 1. The third-order valence-corrected chi connectivity index (χ3v) is 4.15. The van der Waals surface area contributed by atoms with Crippen LogP contribution in [-0.4, -0.2) is 35.4 Å². The number of benzene rings is 2. The normalized spacial score (nSPS) is 13.8. The van der Waals surface area contributed by atoms with E-state index >= 15 is 0 Å². The monoisotopic (exact) mass is 399 g/mol. The van der Waals surface area contributed by atoms with E-state index in [1.54, 1.807) is 6.07 Å². The standard InChI is InChI=1S/C10H15NO.C9H8Cl2O3/c1-8(11-2)10(12)9-6-4-3-5-7-9;1-5(9(12)13)14-8-3-2-6(10)4-7(8)11/h3-8,10-12H,1-2H3;2-5H,1H3,(H,12,13)/t8-,10-;/m0./s1. The van der Waals surface area contributed by atoms with Gasteiger partial charge < -0.3 is 20.3 Å². The molecule has 0 radical (unpaired) electrons. The quantitative estimate of drug-likeness (QED) is 0.678. The van der Waals surface area contributed by atoms with Gasteiger partial charge in [-0.3, -0.25) is 0 Å². The summed E-state index contributed by atoms with van der Waals surface area (Å²) in [5.41, 5.74) is 0.958. The van der Waals surface area contributed by atoms with Crippen molar-refractivity contribution in [2.24, 2.45) is 0 Å². The molecule has 26 heavy (non-hydrogen) atoms. The number of ether oxygens (including phenoxy) is 1. The number of hydrogen-bond donors (Lipinski definition) is 3. The molecule has 0 aromatic heterocycles. The maximum Gasteiger partial charge on any atom is 0.344 e. The van der Waals surface area contributed by atoms with Crippen molar-refractivity contribution in [3.63, 3.8) is 0 Å². The van der Waals surface area contributed by atoms with E-state index in [9.17, 15) is 9.90 Å². The Morgan fingerprint density at radius 3 is 2.23 bits per heavy atom. The van der Waals surface area contributed by atoms with Crippen LogP contribution in [0.15, 0.2) is 48.5 Å². The summed E-state index contributed by atoms with van der Waals surface area (Å²) in [6.45, 7) is 3.38. The smallest absolute Gasteiger partial charge is 0.344 e. The molecule has 5 nitrogen and oxygen atoms in total. The summed E-state index contributed by atoms with van der Waals surface area (Å²) < 4.78 is 5.07. The Labute approximate surface area is 163 Å². The number of aliphatic carboxylic acids is 1. The number of likely N-dealkylation sites (N-methyl/N-ethyl adjacent to an activating group) is 1. The first-order chi connectivity index (χ1) is 12.3. The van der Waals surface area contributed by atoms with Crippen molar-refractivity contribution in [1.82, 2.24) is 5.32 Å². The molecule has 7 heteroatoms. The molecule has 0 bridgehead atoms. The molecule has 3 N–H and O–H groups in total. The molecule has 0 spiro atoms. The van der Waals surface area contributed by atoms with Gasteiger partial charge in [-0.15, -0.1) is 0 Å². The van der Waals surface area contributed by atoms with Crippen LogP contribution >= 0.6 is 23.2 Å². The minimum atomic E-state index is -1.05. The second-order valence-corrected chi connectivity index (χ2v) is 6.45.